The van der Waals surface area contributed by atoms with Gasteiger partial charge in [0.25, 0.3) is 5.56 Å². The molecule has 30 heavy (non-hydrogen) atoms. The SMILES string of the molecule is CC(C)c1ccc([C@H]2CC(c3c(O)n(-c4ccc(Cl)cc4)c(=O)[nH]c3=O)=NN2)cc1. The van der Waals surface area contributed by atoms with Crippen LogP contribution in [0.25, 0.3) is 5.69 Å². The number of aromatic amines is 1. The molecule has 0 saturated carbocycles. The summed E-state index contributed by atoms with van der Waals surface area (Å²) in [6, 6.07) is 14.4. The Hall–Kier alpha value is -3.32. The van der Waals surface area contributed by atoms with E-state index in [0.29, 0.717) is 28.8 Å². The van der Waals surface area contributed by atoms with Crippen molar-refractivity contribution in [3.05, 3.63) is 91.1 Å². The van der Waals surface area contributed by atoms with Gasteiger partial charge in [0.15, 0.2) is 0 Å². The summed E-state index contributed by atoms with van der Waals surface area (Å²) in [5.41, 5.74) is 4.61. The highest BCUT2D eigenvalue weighted by Crippen LogP contribution is 2.28. The van der Waals surface area contributed by atoms with Gasteiger partial charge in [0, 0.05) is 11.4 Å². The molecule has 0 aliphatic carbocycles. The van der Waals surface area contributed by atoms with Crippen molar-refractivity contribution < 1.29 is 5.11 Å². The summed E-state index contributed by atoms with van der Waals surface area (Å²) in [5, 5.41) is 15.6. The molecule has 0 bridgehead atoms. The smallest absolute Gasteiger partial charge is 0.335 e. The molecule has 1 aromatic heterocycles. The second kappa shape index (κ2) is 7.84. The first-order valence-electron chi connectivity index (χ1n) is 9.61. The van der Waals surface area contributed by atoms with E-state index in [1.807, 2.05) is 12.1 Å². The van der Waals surface area contributed by atoms with Gasteiger partial charge in [-0.3, -0.25) is 9.78 Å². The van der Waals surface area contributed by atoms with Crippen molar-refractivity contribution in [2.24, 2.45) is 5.10 Å². The zero-order valence-corrected chi connectivity index (χ0v) is 17.3. The standard InChI is InChI=1S/C22H21ClN4O3/c1-12(2)13-3-5-14(6-4-13)17-11-18(26-25-17)19-20(28)24-22(30)27(21(19)29)16-9-7-15(23)8-10-16/h3-10,12,17,25,29H,11H2,1-2H3,(H,24,28,30)/t17-/m1/s1. The van der Waals surface area contributed by atoms with Crippen LogP contribution in [-0.4, -0.2) is 20.4 Å². The Balaban J connectivity index is 1.68. The molecule has 8 heteroatoms. The summed E-state index contributed by atoms with van der Waals surface area (Å²) >= 11 is 5.90. The van der Waals surface area contributed by atoms with Crippen LogP contribution in [0.4, 0.5) is 0 Å². The van der Waals surface area contributed by atoms with Gasteiger partial charge in [0.1, 0.15) is 5.56 Å². The summed E-state index contributed by atoms with van der Waals surface area (Å²) in [7, 11) is 0. The Labute approximate surface area is 177 Å². The van der Waals surface area contributed by atoms with Crippen molar-refractivity contribution in [2.45, 2.75) is 32.2 Å². The summed E-state index contributed by atoms with van der Waals surface area (Å²) < 4.78 is 1.03. The molecule has 0 spiro atoms. The highest BCUT2D eigenvalue weighted by Gasteiger charge is 2.27. The quantitative estimate of drug-likeness (QED) is 0.597. The molecule has 1 aliphatic heterocycles. The average molecular weight is 425 g/mol. The van der Waals surface area contributed by atoms with Crippen molar-refractivity contribution in [3.63, 3.8) is 0 Å². The number of nitrogens with zero attached hydrogens (tertiary/aromatic N) is 2. The molecule has 0 fully saturated rings. The minimum atomic E-state index is -0.740. The Bertz CT molecular complexity index is 1230. The number of H-pyrrole nitrogens is 1. The maximum Gasteiger partial charge on any atom is 0.335 e. The number of halogens is 1. The van der Waals surface area contributed by atoms with Crippen molar-refractivity contribution in [3.8, 4) is 11.6 Å². The van der Waals surface area contributed by atoms with E-state index in [9.17, 15) is 14.7 Å². The van der Waals surface area contributed by atoms with Gasteiger partial charge in [-0.2, -0.15) is 5.10 Å². The molecule has 154 valence electrons. The van der Waals surface area contributed by atoms with Gasteiger partial charge in [0.2, 0.25) is 5.88 Å². The van der Waals surface area contributed by atoms with Gasteiger partial charge < -0.3 is 10.5 Å². The van der Waals surface area contributed by atoms with Gasteiger partial charge in [0.05, 0.1) is 17.4 Å². The highest BCUT2D eigenvalue weighted by molar-refractivity contribution is 6.30. The van der Waals surface area contributed by atoms with E-state index < -0.39 is 17.1 Å². The van der Waals surface area contributed by atoms with E-state index in [4.69, 9.17) is 11.6 Å². The third kappa shape index (κ3) is 3.64. The topological polar surface area (TPSA) is 99.5 Å². The zero-order chi connectivity index (χ0) is 21.4. The number of hydrogen-bond donors (Lipinski definition) is 3. The third-order valence-electron chi connectivity index (χ3n) is 5.22. The number of hydrogen-bond acceptors (Lipinski definition) is 5. The van der Waals surface area contributed by atoms with Gasteiger partial charge in [-0.25, -0.2) is 9.36 Å². The van der Waals surface area contributed by atoms with Crippen molar-refractivity contribution >= 4 is 17.3 Å². The van der Waals surface area contributed by atoms with Crippen LogP contribution in [0.3, 0.4) is 0 Å². The van der Waals surface area contributed by atoms with Crippen LogP contribution in [0.15, 0.2) is 63.2 Å². The average Bonchev–Trinajstić information content (AvgIpc) is 3.19. The third-order valence-corrected chi connectivity index (χ3v) is 5.47. The predicted octanol–water partition coefficient (Wildman–Crippen LogP) is 3.45. The van der Waals surface area contributed by atoms with Crippen LogP contribution in [0, 0.1) is 0 Å². The van der Waals surface area contributed by atoms with E-state index in [0.717, 1.165) is 10.1 Å². The fraction of sp³-hybridized carbons (Fsp3) is 0.227. The molecule has 1 aliphatic rings. The first-order valence-corrected chi connectivity index (χ1v) is 9.99. The minimum absolute atomic E-state index is 0.0293. The molecule has 0 unspecified atom stereocenters. The van der Waals surface area contributed by atoms with Crippen molar-refractivity contribution in [2.75, 3.05) is 0 Å². The van der Waals surface area contributed by atoms with Crippen molar-refractivity contribution in [1.82, 2.24) is 15.0 Å². The lowest BCUT2D eigenvalue weighted by Crippen LogP contribution is -2.33. The van der Waals surface area contributed by atoms with Gasteiger partial charge in [-0.1, -0.05) is 49.7 Å². The number of rotatable bonds is 4. The van der Waals surface area contributed by atoms with E-state index >= 15 is 0 Å². The number of nitrogens with one attached hydrogen (secondary N) is 2. The summed E-state index contributed by atoms with van der Waals surface area (Å²) in [6.45, 7) is 4.27. The van der Waals surface area contributed by atoms with Crippen molar-refractivity contribution in [1.29, 1.82) is 0 Å². The van der Waals surface area contributed by atoms with E-state index in [-0.39, 0.29) is 11.6 Å². The summed E-state index contributed by atoms with van der Waals surface area (Å²) in [4.78, 5) is 27.1. The van der Waals surface area contributed by atoms with E-state index in [2.05, 4.69) is 41.5 Å². The number of aromatic hydroxyl groups is 1. The molecule has 2 heterocycles. The Morgan fingerprint density at radius 2 is 1.77 bits per heavy atom. The van der Waals surface area contributed by atoms with E-state index in [1.165, 1.54) is 5.56 Å². The molecule has 0 saturated heterocycles. The van der Waals surface area contributed by atoms with Crippen LogP contribution in [0.2, 0.25) is 5.02 Å². The first-order chi connectivity index (χ1) is 14.3. The second-order valence-electron chi connectivity index (χ2n) is 7.54. The number of benzene rings is 2. The molecule has 0 radical (unpaired) electrons. The molecule has 7 nitrogen and oxygen atoms in total. The lowest BCUT2D eigenvalue weighted by atomic mass is 9.96. The van der Waals surface area contributed by atoms with Gasteiger partial charge >= 0.3 is 5.69 Å². The number of hydrazone groups is 1. The zero-order valence-electron chi connectivity index (χ0n) is 16.5. The van der Waals surface area contributed by atoms with Crippen LogP contribution < -0.4 is 16.7 Å². The largest absolute Gasteiger partial charge is 0.493 e. The van der Waals surface area contributed by atoms with Gasteiger partial charge in [-0.05, 0) is 41.3 Å². The highest BCUT2D eigenvalue weighted by atomic mass is 35.5. The monoisotopic (exact) mass is 424 g/mol. The van der Waals surface area contributed by atoms with Crippen LogP contribution >= 0.6 is 11.6 Å². The summed E-state index contributed by atoms with van der Waals surface area (Å²) in [6.07, 6.45) is 0.399. The molecule has 3 aromatic rings. The summed E-state index contributed by atoms with van der Waals surface area (Å²) in [5.74, 6) is -0.0192. The molecule has 0 amide bonds. The molecular weight excluding hydrogens is 404 g/mol. The Morgan fingerprint density at radius 3 is 2.40 bits per heavy atom. The molecular formula is C22H21ClN4O3. The van der Waals surface area contributed by atoms with Crippen LogP contribution in [-0.2, 0) is 0 Å². The second-order valence-corrected chi connectivity index (χ2v) is 7.97. The lowest BCUT2D eigenvalue weighted by molar-refractivity contribution is 0.429. The Morgan fingerprint density at radius 1 is 1.10 bits per heavy atom. The van der Waals surface area contributed by atoms with Gasteiger partial charge in [-0.15, -0.1) is 0 Å². The number of aromatic nitrogens is 2. The molecule has 2 aromatic carbocycles. The maximum atomic E-state index is 12.5. The minimum Gasteiger partial charge on any atom is -0.493 e. The molecule has 3 N–H and O–H groups in total. The van der Waals surface area contributed by atoms with Crippen LogP contribution in [0.5, 0.6) is 5.88 Å². The first kappa shape index (κ1) is 20.0. The molecule has 4 rings (SSSR count). The molecule has 1 atom stereocenters. The van der Waals surface area contributed by atoms with Crippen LogP contribution in [0.1, 0.15) is 48.9 Å². The van der Waals surface area contributed by atoms with E-state index in [1.54, 1.807) is 24.3 Å². The lowest BCUT2D eigenvalue weighted by Gasteiger charge is -2.13. The predicted molar refractivity (Wildman–Crippen MR) is 117 cm³/mol. The normalized spacial score (nSPS) is 15.9. The fourth-order valence-electron chi connectivity index (χ4n) is 3.52. The fourth-order valence-corrected chi connectivity index (χ4v) is 3.64. The maximum absolute atomic E-state index is 12.5. The Kier molecular flexibility index (Phi) is 5.22.